The second-order valence-corrected chi connectivity index (χ2v) is 9.21. The molecule has 0 aliphatic rings. The first-order valence-corrected chi connectivity index (χ1v) is 11.5. The summed E-state index contributed by atoms with van der Waals surface area (Å²) >= 11 is 0. The molecule has 2 aromatic rings. The molecule has 0 radical (unpaired) electrons. The second kappa shape index (κ2) is 10.1. The molecule has 2 rings (SSSR count). The number of nitrogens with one attached hydrogen (secondary N) is 4. The third kappa shape index (κ3) is 7.40. The van der Waals surface area contributed by atoms with Crippen LogP contribution in [0.25, 0.3) is 0 Å². The molecular weight excluding hydrogens is 404 g/mol. The van der Waals surface area contributed by atoms with Gasteiger partial charge in [0.1, 0.15) is 0 Å². The van der Waals surface area contributed by atoms with Crippen molar-refractivity contribution < 1.29 is 18.0 Å². The van der Waals surface area contributed by atoms with Gasteiger partial charge in [0.2, 0.25) is 10.0 Å². The van der Waals surface area contributed by atoms with Gasteiger partial charge in [-0.3, -0.25) is 9.52 Å². The number of carbonyl (C=O) groups is 2. The normalized spacial score (nSPS) is 12.2. The summed E-state index contributed by atoms with van der Waals surface area (Å²) in [5.41, 5.74) is 2.08. The van der Waals surface area contributed by atoms with Crippen LogP contribution in [-0.2, 0) is 10.0 Å². The molecule has 0 aromatic heterocycles. The monoisotopic (exact) mass is 432 g/mol. The Morgan fingerprint density at radius 3 is 2.20 bits per heavy atom. The number of hydrogen-bond acceptors (Lipinski definition) is 4. The highest BCUT2D eigenvalue weighted by molar-refractivity contribution is 7.92. The van der Waals surface area contributed by atoms with Gasteiger partial charge >= 0.3 is 6.03 Å². The van der Waals surface area contributed by atoms with Crippen molar-refractivity contribution in [1.82, 2.24) is 10.6 Å². The van der Waals surface area contributed by atoms with E-state index in [-0.39, 0.29) is 5.91 Å². The number of rotatable bonds is 8. The minimum absolute atomic E-state index is 0.164. The second-order valence-electron chi connectivity index (χ2n) is 7.46. The molecule has 0 saturated carbocycles. The van der Waals surface area contributed by atoms with Crippen molar-refractivity contribution in [2.45, 2.75) is 26.8 Å². The van der Waals surface area contributed by atoms with Crippen molar-refractivity contribution in [3.63, 3.8) is 0 Å². The molecule has 2 aromatic carbocycles. The number of anilines is 2. The van der Waals surface area contributed by atoms with Crippen molar-refractivity contribution in [3.05, 3.63) is 59.7 Å². The molecule has 0 aliphatic carbocycles. The number of benzene rings is 2. The lowest BCUT2D eigenvalue weighted by Gasteiger charge is -2.19. The van der Waals surface area contributed by atoms with E-state index in [1.807, 2.05) is 13.8 Å². The van der Waals surface area contributed by atoms with Gasteiger partial charge < -0.3 is 16.0 Å². The maximum atomic E-state index is 12.3. The minimum atomic E-state index is -3.44. The molecule has 0 saturated heterocycles. The number of carbonyl (C=O) groups excluding carboxylic acids is 2. The Bertz CT molecular complexity index is 988. The average molecular weight is 433 g/mol. The Morgan fingerprint density at radius 1 is 0.967 bits per heavy atom. The third-order valence-electron chi connectivity index (χ3n) is 4.15. The van der Waals surface area contributed by atoms with Gasteiger partial charge in [-0.25, -0.2) is 13.2 Å². The first kappa shape index (κ1) is 23.2. The highest BCUT2D eigenvalue weighted by atomic mass is 32.2. The van der Waals surface area contributed by atoms with Crippen LogP contribution < -0.4 is 20.7 Å². The van der Waals surface area contributed by atoms with Gasteiger partial charge in [-0.15, -0.1) is 0 Å². The van der Waals surface area contributed by atoms with Crippen LogP contribution in [0.1, 0.15) is 42.7 Å². The van der Waals surface area contributed by atoms with Crippen molar-refractivity contribution in [3.8, 4) is 0 Å². The van der Waals surface area contributed by atoms with Crippen LogP contribution >= 0.6 is 0 Å². The Hall–Kier alpha value is -3.07. The average Bonchev–Trinajstić information content (AvgIpc) is 2.65. The standard InChI is InChI=1S/C21H28N4O4S/c1-14(2)13-22-20(26)16-9-11-17(12-10-16)24-21(27)23-15(3)18-7-5-6-8-19(18)25-30(4,28)29/h5-12,14-15,25H,13H2,1-4H3,(H,22,26)(H2,23,24,27)/t15-/m0/s1. The smallest absolute Gasteiger partial charge is 0.319 e. The largest absolute Gasteiger partial charge is 0.352 e. The summed E-state index contributed by atoms with van der Waals surface area (Å²) in [6.45, 7) is 6.38. The first-order chi connectivity index (χ1) is 14.0. The summed E-state index contributed by atoms with van der Waals surface area (Å²) in [5.74, 6) is 0.196. The van der Waals surface area contributed by atoms with Crippen molar-refractivity contribution in [1.29, 1.82) is 0 Å². The molecule has 9 heteroatoms. The third-order valence-corrected chi connectivity index (χ3v) is 4.74. The van der Waals surface area contributed by atoms with Gasteiger partial charge in [0.15, 0.2) is 0 Å². The molecule has 30 heavy (non-hydrogen) atoms. The lowest BCUT2D eigenvalue weighted by Crippen LogP contribution is -2.31. The molecule has 0 spiro atoms. The van der Waals surface area contributed by atoms with E-state index in [1.54, 1.807) is 55.5 Å². The highest BCUT2D eigenvalue weighted by Crippen LogP contribution is 2.23. The first-order valence-electron chi connectivity index (χ1n) is 9.57. The van der Waals surface area contributed by atoms with Crippen LogP contribution in [0.5, 0.6) is 0 Å². The summed E-state index contributed by atoms with van der Waals surface area (Å²) in [4.78, 5) is 24.4. The van der Waals surface area contributed by atoms with E-state index in [1.165, 1.54) is 0 Å². The molecular formula is C21H28N4O4S. The molecule has 0 heterocycles. The van der Waals surface area contributed by atoms with E-state index in [9.17, 15) is 18.0 Å². The van der Waals surface area contributed by atoms with Gasteiger partial charge in [0.05, 0.1) is 18.0 Å². The minimum Gasteiger partial charge on any atom is -0.352 e. The van der Waals surface area contributed by atoms with Crippen molar-refractivity contribution in [2.75, 3.05) is 22.8 Å². The van der Waals surface area contributed by atoms with Crippen LogP contribution in [0.4, 0.5) is 16.2 Å². The summed E-state index contributed by atoms with van der Waals surface area (Å²) in [6.07, 6.45) is 1.07. The van der Waals surface area contributed by atoms with Gasteiger partial charge in [-0.05, 0) is 48.7 Å². The van der Waals surface area contributed by atoms with E-state index in [2.05, 4.69) is 20.7 Å². The molecule has 0 fully saturated rings. The maximum Gasteiger partial charge on any atom is 0.319 e. The topological polar surface area (TPSA) is 116 Å². The van der Waals surface area contributed by atoms with Crippen molar-refractivity contribution >= 4 is 33.3 Å². The van der Waals surface area contributed by atoms with Gasteiger partial charge in [-0.2, -0.15) is 0 Å². The Labute approximate surface area is 177 Å². The predicted octanol–water partition coefficient (Wildman–Crippen LogP) is 3.33. The Morgan fingerprint density at radius 2 is 1.60 bits per heavy atom. The van der Waals surface area contributed by atoms with Gasteiger partial charge in [0, 0.05) is 17.8 Å². The fourth-order valence-electron chi connectivity index (χ4n) is 2.71. The molecule has 4 N–H and O–H groups in total. The summed E-state index contributed by atoms with van der Waals surface area (Å²) in [7, 11) is -3.44. The Kier molecular flexibility index (Phi) is 7.82. The molecule has 3 amide bonds. The molecule has 162 valence electrons. The number of amides is 3. The van der Waals surface area contributed by atoms with E-state index >= 15 is 0 Å². The van der Waals surface area contributed by atoms with Crippen LogP contribution in [0.2, 0.25) is 0 Å². The molecule has 1 atom stereocenters. The fraction of sp³-hybridized carbons (Fsp3) is 0.333. The zero-order valence-electron chi connectivity index (χ0n) is 17.5. The number of urea groups is 1. The molecule has 0 aliphatic heterocycles. The lowest BCUT2D eigenvalue weighted by molar-refractivity contribution is 0.0949. The highest BCUT2D eigenvalue weighted by Gasteiger charge is 2.15. The number of hydrogen-bond donors (Lipinski definition) is 4. The van der Waals surface area contributed by atoms with Crippen LogP contribution in [-0.4, -0.2) is 33.2 Å². The quantitative estimate of drug-likeness (QED) is 0.512. The maximum absolute atomic E-state index is 12.3. The zero-order chi connectivity index (χ0) is 22.3. The van der Waals surface area contributed by atoms with E-state index < -0.39 is 22.1 Å². The van der Waals surface area contributed by atoms with Gasteiger partial charge in [0.25, 0.3) is 5.91 Å². The van der Waals surface area contributed by atoms with Crippen LogP contribution in [0.15, 0.2) is 48.5 Å². The van der Waals surface area contributed by atoms with Crippen molar-refractivity contribution in [2.24, 2.45) is 5.92 Å². The molecule has 0 unspecified atom stereocenters. The van der Waals surface area contributed by atoms with Crippen LogP contribution in [0, 0.1) is 5.92 Å². The fourth-order valence-corrected chi connectivity index (χ4v) is 3.30. The van der Waals surface area contributed by atoms with E-state index in [0.29, 0.717) is 35.0 Å². The van der Waals surface area contributed by atoms with E-state index in [4.69, 9.17) is 0 Å². The molecule has 0 bridgehead atoms. The number of para-hydroxylation sites is 1. The van der Waals surface area contributed by atoms with E-state index in [0.717, 1.165) is 6.26 Å². The summed E-state index contributed by atoms with van der Waals surface area (Å²) in [6, 6.07) is 12.5. The summed E-state index contributed by atoms with van der Waals surface area (Å²) in [5, 5.41) is 8.32. The number of sulfonamides is 1. The molecule has 8 nitrogen and oxygen atoms in total. The van der Waals surface area contributed by atoms with Gasteiger partial charge in [-0.1, -0.05) is 32.0 Å². The van der Waals surface area contributed by atoms with Crippen LogP contribution in [0.3, 0.4) is 0 Å². The lowest BCUT2D eigenvalue weighted by atomic mass is 10.1. The SMILES string of the molecule is CC(C)CNC(=O)c1ccc(NC(=O)N[C@@H](C)c2ccccc2NS(C)(=O)=O)cc1. The Balaban J connectivity index is 1.98. The summed E-state index contributed by atoms with van der Waals surface area (Å²) < 4.78 is 25.5. The zero-order valence-corrected chi connectivity index (χ0v) is 18.3. The predicted molar refractivity (Wildman–Crippen MR) is 119 cm³/mol.